The zero-order valence-electron chi connectivity index (χ0n) is 16.0. The van der Waals surface area contributed by atoms with Crippen LogP contribution in [-0.4, -0.2) is 11.8 Å². The highest BCUT2D eigenvalue weighted by Crippen LogP contribution is 2.37. The normalized spacial score (nSPS) is 19.3. The van der Waals surface area contributed by atoms with Crippen molar-refractivity contribution >= 4 is 11.8 Å². The van der Waals surface area contributed by atoms with Crippen LogP contribution in [-0.2, 0) is 9.59 Å². The average molecular weight is 324 g/mol. The fourth-order valence-electron chi connectivity index (χ4n) is 3.74. The molecular formula is C20H37NO2. The molecule has 1 aliphatic rings. The minimum atomic E-state index is -0.112. The van der Waals surface area contributed by atoms with Crippen molar-refractivity contribution in [2.24, 2.45) is 16.7 Å². The Bertz CT molecular complexity index is 398. The molecule has 0 spiro atoms. The number of rotatable bonds is 11. The van der Waals surface area contributed by atoms with Crippen LogP contribution < -0.4 is 5.32 Å². The second kappa shape index (κ2) is 8.84. The quantitative estimate of drug-likeness (QED) is 0.418. The van der Waals surface area contributed by atoms with Gasteiger partial charge in [-0.15, -0.1) is 0 Å². The van der Waals surface area contributed by atoms with Crippen molar-refractivity contribution in [3.05, 3.63) is 0 Å². The molecule has 1 rings (SSSR count). The van der Waals surface area contributed by atoms with E-state index in [9.17, 15) is 9.59 Å². The van der Waals surface area contributed by atoms with Crippen molar-refractivity contribution in [2.75, 3.05) is 0 Å². The number of imide groups is 1. The summed E-state index contributed by atoms with van der Waals surface area (Å²) in [6, 6.07) is 0. The summed E-state index contributed by atoms with van der Waals surface area (Å²) >= 11 is 0. The van der Waals surface area contributed by atoms with Crippen molar-refractivity contribution in [1.82, 2.24) is 5.32 Å². The topological polar surface area (TPSA) is 46.2 Å². The van der Waals surface area contributed by atoms with Gasteiger partial charge in [-0.1, -0.05) is 66.7 Å². The van der Waals surface area contributed by atoms with E-state index in [0.29, 0.717) is 11.8 Å². The molecule has 1 unspecified atom stereocenters. The molecule has 1 heterocycles. The van der Waals surface area contributed by atoms with Gasteiger partial charge in [0.2, 0.25) is 11.8 Å². The molecule has 0 aromatic carbocycles. The summed E-state index contributed by atoms with van der Waals surface area (Å²) in [6.45, 7) is 11.5. The molecule has 1 fully saturated rings. The van der Waals surface area contributed by atoms with Crippen molar-refractivity contribution in [3.63, 3.8) is 0 Å². The van der Waals surface area contributed by atoms with Crippen LogP contribution in [0, 0.1) is 16.7 Å². The van der Waals surface area contributed by atoms with Gasteiger partial charge >= 0.3 is 0 Å². The van der Waals surface area contributed by atoms with E-state index in [1.807, 2.05) is 0 Å². The SMILES string of the molecule is CCCCCCC(C)(C)CCCC(C)(C)CC1CC(=O)NC1=O. The molecule has 0 saturated carbocycles. The molecule has 1 saturated heterocycles. The van der Waals surface area contributed by atoms with Crippen LogP contribution in [0.5, 0.6) is 0 Å². The third-order valence-corrected chi connectivity index (χ3v) is 5.28. The van der Waals surface area contributed by atoms with Gasteiger partial charge in [-0.3, -0.25) is 14.9 Å². The predicted octanol–water partition coefficient (Wildman–Crippen LogP) is 5.23. The Morgan fingerprint density at radius 2 is 1.52 bits per heavy atom. The van der Waals surface area contributed by atoms with E-state index in [4.69, 9.17) is 0 Å². The van der Waals surface area contributed by atoms with Crippen molar-refractivity contribution in [2.45, 2.75) is 98.8 Å². The Balaban J connectivity index is 2.29. The highest BCUT2D eigenvalue weighted by atomic mass is 16.2. The third-order valence-electron chi connectivity index (χ3n) is 5.28. The maximum Gasteiger partial charge on any atom is 0.230 e. The van der Waals surface area contributed by atoms with E-state index in [2.05, 4.69) is 39.9 Å². The van der Waals surface area contributed by atoms with Crippen LogP contribution >= 0.6 is 0 Å². The highest BCUT2D eigenvalue weighted by molar-refractivity contribution is 6.03. The Kier molecular flexibility index (Phi) is 7.76. The largest absolute Gasteiger partial charge is 0.296 e. The lowest BCUT2D eigenvalue weighted by atomic mass is 9.75. The molecule has 3 nitrogen and oxygen atoms in total. The van der Waals surface area contributed by atoms with Crippen LogP contribution in [0.4, 0.5) is 0 Å². The third kappa shape index (κ3) is 7.99. The van der Waals surface area contributed by atoms with Crippen molar-refractivity contribution < 1.29 is 9.59 Å². The zero-order valence-corrected chi connectivity index (χ0v) is 16.0. The molecule has 0 bridgehead atoms. The molecule has 2 amide bonds. The van der Waals surface area contributed by atoms with Gasteiger partial charge in [-0.25, -0.2) is 0 Å². The second-order valence-corrected chi connectivity index (χ2v) is 9.01. The van der Waals surface area contributed by atoms with E-state index in [-0.39, 0.29) is 23.1 Å². The van der Waals surface area contributed by atoms with Crippen LogP contribution in [0.1, 0.15) is 98.8 Å². The molecule has 134 valence electrons. The van der Waals surface area contributed by atoms with Gasteiger partial charge in [0, 0.05) is 12.3 Å². The highest BCUT2D eigenvalue weighted by Gasteiger charge is 2.35. The first-order valence-electron chi connectivity index (χ1n) is 9.49. The molecular weight excluding hydrogens is 286 g/mol. The summed E-state index contributed by atoms with van der Waals surface area (Å²) in [4.78, 5) is 23.0. The lowest BCUT2D eigenvalue weighted by Crippen LogP contribution is -2.25. The van der Waals surface area contributed by atoms with E-state index < -0.39 is 0 Å². The van der Waals surface area contributed by atoms with Crippen molar-refractivity contribution in [1.29, 1.82) is 0 Å². The summed E-state index contributed by atoms with van der Waals surface area (Å²) in [5.41, 5.74) is 0.551. The van der Waals surface area contributed by atoms with Gasteiger partial charge < -0.3 is 0 Å². The first-order chi connectivity index (χ1) is 10.7. The summed E-state index contributed by atoms with van der Waals surface area (Å²) in [7, 11) is 0. The average Bonchev–Trinajstić information content (AvgIpc) is 2.71. The van der Waals surface area contributed by atoms with E-state index in [0.717, 1.165) is 12.8 Å². The van der Waals surface area contributed by atoms with Crippen LogP contribution in [0.3, 0.4) is 0 Å². The van der Waals surface area contributed by atoms with Gasteiger partial charge in [0.05, 0.1) is 0 Å². The van der Waals surface area contributed by atoms with Crippen LogP contribution in [0.25, 0.3) is 0 Å². The smallest absolute Gasteiger partial charge is 0.230 e. The van der Waals surface area contributed by atoms with Crippen LogP contribution in [0.2, 0.25) is 0 Å². The first-order valence-corrected chi connectivity index (χ1v) is 9.49. The summed E-state index contributed by atoms with van der Waals surface area (Å²) in [5, 5.41) is 2.43. The molecule has 3 heteroatoms. The molecule has 0 aromatic rings. The van der Waals surface area contributed by atoms with Crippen molar-refractivity contribution in [3.8, 4) is 0 Å². The first kappa shape index (κ1) is 20.2. The number of carbonyl (C=O) groups is 2. The molecule has 23 heavy (non-hydrogen) atoms. The van der Waals surface area contributed by atoms with Gasteiger partial charge in [-0.05, 0) is 36.5 Å². The van der Waals surface area contributed by atoms with Gasteiger partial charge in [0.1, 0.15) is 0 Å². The Morgan fingerprint density at radius 3 is 2.09 bits per heavy atom. The number of hydrogen-bond donors (Lipinski definition) is 1. The second-order valence-electron chi connectivity index (χ2n) is 9.01. The standard InChI is InChI=1S/C20H37NO2/c1-6-7-8-9-11-19(2,3)12-10-13-20(4,5)15-16-14-17(22)21-18(16)23/h16H,6-15H2,1-5H3,(H,21,22,23). The minimum Gasteiger partial charge on any atom is -0.296 e. The van der Waals surface area contributed by atoms with E-state index >= 15 is 0 Å². The fourth-order valence-corrected chi connectivity index (χ4v) is 3.74. The number of amides is 2. The summed E-state index contributed by atoms with van der Waals surface area (Å²) in [6.07, 6.45) is 11.4. The van der Waals surface area contributed by atoms with Gasteiger partial charge in [0.25, 0.3) is 0 Å². The maximum atomic E-state index is 11.7. The zero-order chi connectivity index (χ0) is 17.5. The van der Waals surface area contributed by atoms with Gasteiger partial charge in [0.15, 0.2) is 0 Å². The predicted molar refractivity (Wildman–Crippen MR) is 96.0 cm³/mol. The lowest BCUT2D eigenvalue weighted by Gasteiger charge is -2.30. The molecule has 0 aromatic heterocycles. The Labute approximate surface area is 143 Å². The lowest BCUT2D eigenvalue weighted by molar-refractivity contribution is -0.126. The monoisotopic (exact) mass is 323 g/mol. The van der Waals surface area contributed by atoms with E-state index in [1.54, 1.807) is 0 Å². The Morgan fingerprint density at radius 1 is 0.913 bits per heavy atom. The Hall–Kier alpha value is -0.860. The molecule has 1 N–H and O–H groups in total. The number of hydrogen-bond acceptors (Lipinski definition) is 2. The van der Waals surface area contributed by atoms with Crippen LogP contribution in [0.15, 0.2) is 0 Å². The summed E-state index contributed by atoms with van der Waals surface area (Å²) < 4.78 is 0. The molecule has 1 atom stereocenters. The fraction of sp³-hybridized carbons (Fsp3) is 0.900. The molecule has 0 aliphatic carbocycles. The molecule has 0 radical (unpaired) electrons. The summed E-state index contributed by atoms with van der Waals surface area (Å²) in [5.74, 6) is -0.289. The number of nitrogens with one attached hydrogen (secondary N) is 1. The van der Waals surface area contributed by atoms with E-state index in [1.165, 1.54) is 44.9 Å². The number of carbonyl (C=O) groups excluding carboxylic acids is 2. The van der Waals surface area contributed by atoms with Gasteiger partial charge in [-0.2, -0.15) is 0 Å². The maximum absolute atomic E-state index is 11.7. The minimum absolute atomic E-state index is 0.0701. The number of unbranched alkanes of at least 4 members (excludes halogenated alkanes) is 3. The molecule has 1 aliphatic heterocycles.